The van der Waals surface area contributed by atoms with Crippen LogP contribution in [0.15, 0.2) is 11.6 Å². The molecule has 6 nitrogen and oxygen atoms in total. The minimum Gasteiger partial charge on any atom is -0.462 e. The van der Waals surface area contributed by atoms with Crippen LogP contribution in [-0.2, 0) is 24.3 Å². The third-order valence-electron chi connectivity index (χ3n) is 9.26. The minimum absolute atomic E-state index is 0.0347. The number of ketones is 1. The number of Topliss-reactive ketones (excluding diaryl/α,β-unsaturated/α-hetero) is 1. The third kappa shape index (κ3) is 3.27. The molecular formula is C23H35NO5S. The second-order valence-electron chi connectivity index (χ2n) is 10.7. The van der Waals surface area contributed by atoms with Crippen LogP contribution in [0, 0.1) is 34.5 Å². The molecule has 4 aliphatic carbocycles. The number of allylic oxidation sites excluding steroid dienone is 1. The highest BCUT2D eigenvalue weighted by atomic mass is 32.2. The fraction of sp³-hybridized carbons (Fsp3) is 0.826. The Labute approximate surface area is 180 Å². The fourth-order valence-electron chi connectivity index (χ4n) is 8.00. The molecular weight excluding hydrogens is 402 g/mol. The summed E-state index contributed by atoms with van der Waals surface area (Å²) in [5, 5.41) is 4.84. The van der Waals surface area contributed by atoms with E-state index in [1.807, 2.05) is 0 Å². The van der Waals surface area contributed by atoms with Crippen molar-refractivity contribution < 1.29 is 22.7 Å². The lowest BCUT2D eigenvalue weighted by Crippen LogP contribution is -2.51. The molecule has 0 aromatic carbocycles. The van der Waals surface area contributed by atoms with Crippen molar-refractivity contribution >= 4 is 21.8 Å². The van der Waals surface area contributed by atoms with E-state index < -0.39 is 21.2 Å². The fourth-order valence-corrected chi connectivity index (χ4v) is 9.36. The largest absolute Gasteiger partial charge is 0.462 e. The van der Waals surface area contributed by atoms with Gasteiger partial charge in [-0.2, -0.15) is 0 Å². The lowest BCUT2D eigenvalue weighted by atomic mass is 9.47. The van der Waals surface area contributed by atoms with Gasteiger partial charge in [0.15, 0.2) is 0 Å². The molecule has 30 heavy (non-hydrogen) atoms. The maximum Gasteiger partial charge on any atom is 0.302 e. The zero-order valence-electron chi connectivity index (χ0n) is 18.5. The average molecular weight is 438 g/mol. The van der Waals surface area contributed by atoms with Gasteiger partial charge in [0.1, 0.15) is 11.9 Å². The van der Waals surface area contributed by atoms with Gasteiger partial charge in [0.25, 0.3) is 0 Å². The van der Waals surface area contributed by atoms with Crippen LogP contribution in [0.2, 0.25) is 0 Å². The Morgan fingerprint density at radius 1 is 1.13 bits per heavy atom. The molecule has 0 heterocycles. The van der Waals surface area contributed by atoms with E-state index in [2.05, 4.69) is 19.9 Å². The van der Waals surface area contributed by atoms with Crippen LogP contribution in [0.1, 0.15) is 72.6 Å². The molecule has 4 rings (SSSR count). The molecule has 0 aromatic heterocycles. The number of rotatable bonds is 3. The molecule has 2 N–H and O–H groups in total. The van der Waals surface area contributed by atoms with E-state index in [9.17, 15) is 18.0 Å². The molecule has 0 bridgehead atoms. The van der Waals surface area contributed by atoms with Gasteiger partial charge in [-0.1, -0.05) is 25.5 Å². The summed E-state index contributed by atoms with van der Waals surface area (Å²) in [5.41, 5.74) is 1.15. The molecule has 7 heteroatoms. The maximum absolute atomic E-state index is 12.6. The van der Waals surface area contributed by atoms with Crippen molar-refractivity contribution in [2.75, 3.05) is 0 Å². The number of fused-ring (bicyclic) bond motifs is 5. The molecule has 0 saturated heterocycles. The van der Waals surface area contributed by atoms with Crippen molar-refractivity contribution in [3.8, 4) is 0 Å². The average Bonchev–Trinajstić information content (AvgIpc) is 2.95. The lowest BCUT2D eigenvalue weighted by Gasteiger charge is -2.57. The monoisotopic (exact) mass is 437 g/mol. The van der Waals surface area contributed by atoms with E-state index in [0.29, 0.717) is 18.3 Å². The normalized spacial score (nSPS) is 45.6. The van der Waals surface area contributed by atoms with E-state index in [0.717, 1.165) is 38.5 Å². The number of hydrogen-bond acceptors (Lipinski definition) is 5. The highest BCUT2D eigenvalue weighted by Crippen LogP contribution is 2.66. The standard InChI is InChI=1S/C23H35NO5S/c1-13(25)21-20(30(24,27)28)12-19-17-6-5-15-11-16(29-14(2)26)7-9-22(15,3)18(17)8-10-23(19,21)4/h5,16-21H,6-12H2,1-4H3,(H2,24,27,28)/t16-,17+,18-,19-,20+,21-,22-,23-/m0/s1. The van der Waals surface area contributed by atoms with Crippen LogP contribution >= 0.6 is 0 Å². The van der Waals surface area contributed by atoms with Gasteiger partial charge in [0, 0.05) is 19.3 Å². The summed E-state index contributed by atoms with van der Waals surface area (Å²) in [4.78, 5) is 24.0. The Hall–Kier alpha value is -1.21. The van der Waals surface area contributed by atoms with Crippen molar-refractivity contribution in [2.45, 2.75) is 84.0 Å². The summed E-state index contributed by atoms with van der Waals surface area (Å²) in [5.74, 6) is 0.266. The molecule has 0 spiro atoms. The summed E-state index contributed by atoms with van der Waals surface area (Å²) in [6.45, 7) is 7.47. The first-order chi connectivity index (χ1) is 13.9. The number of nitrogens with two attached hydrogens (primary N) is 1. The minimum atomic E-state index is -3.77. The van der Waals surface area contributed by atoms with Crippen molar-refractivity contribution in [1.82, 2.24) is 0 Å². The first-order valence-corrected chi connectivity index (χ1v) is 12.9. The molecule has 3 fully saturated rings. The van der Waals surface area contributed by atoms with Crippen LogP contribution in [0.5, 0.6) is 0 Å². The van der Waals surface area contributed by atoms with Gasteiger partial charge in [-0.05, 0) is 74.0 Å². The van der Waals surface area contributed by atoms with E-state index in [4.69, 9.17) is 9.88 Å². The van der Waals surface area contributed by atoms with Crippen molar-refractivity contribution in [1.29, 1.82) is 0 Å². The smallest absolute Gasteiger partial charge is 0.302 e. The third-order valence-corrected chi connectivity index (χ3v) is 10.6. The number of carbonyl (C=O) groups excluding carboxylic acids is 2. The predicted octanol–water partition coefficient (Wildman–Crippen LogP) is 3.35. The van der Waals surface area contributed by atoms with E-state index in [1.165, 1.54) is 19.4 Å². The first kappa shape index (κ1) is 22.0. The number of hydrogen-bond donors (Lipinski definition) is 1. The van der Waals surface area contributed by atoms with E-state index >= 15 is 0 Å². The Bertz CT molecular complexity index is 895. The number of sulfonamides is 1. The molecule has 4 aliphatic rings. The van der Waals surface area contributed by atoms with Crippen LogP contribution in [0.25, 0.3) is 0 Å². The second kappa shape index (κ2) is 7.16. The Kier molecular flexibility index (Phi) is 5.25. The summed E-state index contributed by atoms with van der Waals surface area (Å²) in [6, 6.07) is 0. The summed E-state index contributed by atoms with van der Waals surface area (Å²) < 4.78 is 30.3. The van der Waals surface area contributed by atoms with Gasteiger partial charge < -0.3 is 4.74 Å². The van der Waals surface area contributed by atoms with E-state index in [1.54, 1.807) is 0 Å². The topological polar surface area (TPSA) is 104 Å². The number of carbonyl (C=O) groups is 2. The summed E-state index contributed by atoms with van der Waals surface area (Å²) in [6.07, 6.45) is 8.22. The number of primary sulfonamides is 1. The van der Waals surface area contributed by atoms with Gasteiger partial charge in [0.2, 0.25) is 10.0 Å². The maximum atomic E-state index is 12.6. The molecule has 0 aliphatic heterocycles. The highest BCUT2D eigenvalue weighted by molar-refractivity contribution is 7.89. The zero-order chi connectivity index (χ0) is 22.1. The van der Waals surface area contributed by atoms with E-state index in [-0.39, 0.29) is 34.6 Å². The molecule has 168 valence electrons. The van der Waals surface area contributed by atoms with Gasteiger partial charge in [-0.3, -0.25) is 9.59 Å². The predicted molar refractivity (Wildman–Crippen MR) is 114 cm³/mol. The highest BCUT2D eigenvalue weighted by Gasteiger charge is 2.64. The molecule has 8 atom stereocenters. The van der Waals surface area contributed by atoms with Crippen LogP contribution < -0.4 is 5.14 Å². The summed E-state index contributed by atoms with van der Waals surface area (Å²) >= 11 is 0. The SMILES string of the molecule is CC(=O)O[C@H]1CC[C@@]2(C)C(=CC[C@H]3[C@@H]4C[C@@H](S(N)(=O)=O)[C@H](C(C)=O)[C@@]4(C)CC[C@@H]32)C1. The number of esters is 1. The molecule has 0 aromatic rings. The molecule has 0 unspecified atom stereocenters. The van der Waals surface area contributed by atoms with Crippen LogP contribution in [0.4, 0.5) is 0 Å². The van der Waals surface area contributed by atoms with Gasteiger partial charge in [-0.25, -0.2) is 13.6 Å². The first-order valence-electron chi connectivity index (χ1n) is 11.3. The zero-order valence-corrected chi connectivity index (χ0v) is 19.3. The van der Waals surface area contributed by atoms with Crippen molar-refractivity contribution in [3.05, 3.63) is 11.6 Å². The molecule has 3 saturated carbocycles. The second-order valence-corrected chi connectivity index (χ2v) is 12.5. The Morgan fingerprint density at radius 2 is 1.83 bits per heavy atom. The van der Waals surface area contributed by atoms with Crippen molar-refractivity contribution in [2.24, 2.45) is 39.6 Å². The van der Waals surface area contributed by atoms with Gasteiger partial charge in [0.05, 0.1) is 5.25 Å². The molecule has 0 amide bonds. The van der Waals surface area contributed by atoms with Gasteiger partial charge >= 0.3 is 5.97 Å². The van der Waals surface area contributed by atoms with Gasteiger partial charge in [-0.15, -0.1) is 0 Å². The Balaban J connectivity index is 1.66. The quantitative estimate of drug-likeness (QED) is 0.539. The van der Waals surface area contributed by atoms with Crippen LogP contribution in [0.3, 0.4) is 0 Å². The number of ether oxygens (including phenoxy) is 1. The van der Waals surface area contributed by atoms with Crippen LogP contribution in [-0.4, -0.2) is 31.5 Å². The lowest BCUT2D eigenvalue weighted by molar-refractivity contribution is -0.149. The van der Waals surface area contributed by atoms with Crippen molar-refractivity contribution in [3.63, 3.8) is 0 Å². The summed E-state index contributed by atoms with van der Waals surface area (Å²) in [7, 11) is -3.77. The molecule has 0 radical (unpaired) electrons. The Morgan fingerprint density at radius 3 is 2.43 bits per heavy atom.